The Labute approximate surface area is 128 Å². The van der Waals surface area contributed by atoms with Crippen LogP contribution in [-0.2, 0) is 0 Å². The van der Waals surface area contributed by atoms with Crippen molar-refractivity contribution in [3.63, 3.8) is 0 Å². The molecule has 0 aliphatic rings. The molecule has 3 aromatic carbocycles. The van der Waals surface area contributed by atoms with E-state index in [1.165, 1.54) is 11.1 Å². The zero-order valence-corrected chi connectivity index (χ0v) is 12.6. The molecular weight excluding hydrogens is 272 g/mol. The first-order chi connectivity index (χ1) is 10.7. The third-order valence-corrected chi connectivity index (χ3v) is 3.79. The lowest BCUT2D eigenvalue weighted by Gasteiger charge is -2.09. The second kappa shape index (κ2) is 4.92. The number of aryl methyl sites for hydroxylation is 2. The molecular formula is C20H16O2. The molecule has 0 N–H and O–H groups in total. The number of ether oxygens (including phenoxy) is 1. The number of benzene rings is 3. The van der Waals surface area contributed by atoms with Crippen LogP contribution in [0.3, 0.4) is 0 Å². The van der Waals surface area contributed by atoms with Gasteiger partial charge in [-0.15, -0.1) is 0 Å². The number of hydrogen-bond acceptors (Lipinski definition) is 2. The minimum Gasteiger partial charge on any atom is -0.457 e. The Kier molecular flexibility index (Phi) is 2.90. The summed E-state index contributed by atoms with van der Waals surface area (Å²) in [6.45, 7) is 4.15. The summed E-state index contributed by atoms with van der Waals surface area (Å²) < 4.78 is 12.1. The van der Waals surface area contributed by atoms with Crippen LogP contribution in [0.15, 0.2) is 65.1 Å². The molecule has 0 unspecified atom stereocenters. The lowest BCUT2D eigenvalue weighted by atomic mass is 10.1. The van der Waals surface area contributed by atoms with Gasteiger partial charge in [0.05, 0.1) is 5.39 Å². The van der Waals surface area contributed by atoms with E-state index in [2.05, 4.69) is 26.0 Å². The van der Waals surface area contributed by atoms with Gasteiger partial charge in [-0.1, -0.05) is 30.3 Å². The van der Waals surface area contributed by atoms with Gasteiger partial charge in [0, 0.05) is 5.39 Å². The summed E-state index contributed by atoms with van der Waals surface area (Å²) >= 11 is 0. The molecule has 0 atom stereocenters. The van der Waals surface area contributed by atoms with Crippen LogP contribution in [0.5, 0.6) is 11.5 Å². The Morgan fingerprint density at radius 3 is 2.32 bits per heavy atom. The number of para-hydroxylation sites is 1. The molecule has 0 amide bonds. The molecule has 4 aromatic rings. The molecule has 0 spiro atoms. The molecule has 2 heteroatoms. The van der Waals surface area contributed by atoms with E-state index in [0.717, 1.165) is 33.4 Å². The van der Waals surface area contributed by atoms with Crippen molar-refractivity contribution in [1.82, 2.24) is 0 Å². The van der Waals surface area contributed by atoms with Crippen LogP contribution in [0.2, 0.25) is 0 Å². The van der Waals surface area contributed by atoms with E-state index in [4.69, 9.17) is 9.15 Å². The van der Waals surface area contributed by atoms with Gasteiger partial charge in [-0.25, -0.2) is 0 Å². The first kappa shape index (κ1) is 13.0. The highest BCUT2D eigenvalue weighted by Crippen LogP contribution is 2.37. The maximum absolute atomic E-state index is 6.16. The lowest BCUT2D eigenvalue weighted by Crippen LogP contribution is -1.87. The molecule has 108 valence electrons. The Hall–Kier alpha value is -2.74. The number of hydrogen-bond donors (Lipinski definition) is 0. The lowest BCUT2D eigenvalue weighted by molar-refractivity contribution is 0.487. The van der Waals surface area contributed by atoms with Gasteiger partial charge >= 0.3 is 0 Å². The molecule has 1 heterocycles. The van der Waals surface area contributed by atoms with Gasteiger partial charge < -0.3 is 9.15 Å². The van der Waals surface area contributed by atoms with Crippen LogP contribution in [0.25, 0.3) is 21.9 Å². The topological polar surface area (TPSA) is 22.4 Å². The zero-order chi connectivity index (χ0) is 15.1. The van der Waals surface area contributed by atoms with Gasteiger partial charge in [0.2, 0.25) is 0 Å². The van der Waals surface area contributed by atoms with E-state index >= 15 is 0 Å². The fourth-order valence-corrected chi connectivity index (χ4v) is 2.95. The summed E-state index contributed by atoms with van der Waals surface area (Å²) in [5.41, 5.74) is 4.12. The van der Waals surface area contributed by atoms with E-state index in [-0.39, 0.29) is 0 Å². The summed E-state index contributed by atoms with van der Waals surface area (Å²) in [5, 5.41) is 2.11. The van der Waals surface area contributed by atoms with Gasteiger partial charge in [0.15, 0.2) is 0 Å². The van der Waals surface area contributed by atoms with Crippen LogP contribution in [-0.4, -0.2) is 0 Å². The van der Waals surface area contributed by atoms with Gasteiger partial charge in [-0.3, -0.25) is 0 Å². The van der Waals surface area contributed by atoms with Gasteiger partial charge in [-0.2, -0.15) is 0 Å². The highest BCUT2D eigenvalue weighted by molar-refractivity contribution is 6.08. The first-order valence-corrected chi connectivity index (χ1v) is 7.37. The molecule has 2 nitrogen and oxygen atoms in total. The fourth-order valence-electron chi connectivity index (χ4n) is 2.95. The largest absolute Gasteiger partial charge is 0.457 e. The van der Waals surface area contributed by atoms with Crippen LogP contribution < -0.4 is 4.74 Å². The van der Waals surface area contributed by atoms with Crippen molar-refractivity contribution in [2.75, 3.05) is 0 Å². The molecule has 0 fully saturated rings. The highest BCUT2D eigenvalue weighted by atomic mass is 16.5. The first-order valence-electron chi connectivity index (χ1n) is 7.37. The van der Waals surface area contributed by atoms with Crippen LogP contribution in [0.1, 0.15) is 11.1 Å². The second-order valence-corrected chi connectivity index (χ2v) is 5.65. The molecule has 1 aromatic heterocycles. The van der Waals surface area contributed by atoms with Crippen molar-refractivity contribution in [1.29, 1.82) is 0 Å². The third-order valence-electron chi connectivity index (χ3n) is 3.79. The molecule has 0 aliphatic heterocycles. The van der Waals surface area contributed by atoms with E-state index < -0.39 is 0 Å². The Bertz CT molecular complexity index is 959. The predicted octanol–water partition coefficient (Wildman–Crippen LogP) is 6.00. The van der Waals surface area contributed by atoms with Crippen molar-refractivity contribution in [3.8, 4) is 11.5 Å². The molecule has 0 radical (unpaired) electrons. The van der Waals surface area contributed by atoms with Gasteiger partial charge in [-0.05, 0) is 55.3 Å². The van der Waals surface area contributed by atoms with Crippen molar-refractivity contribution >= 4 is 21.9 Å². The predicted molar refractivity (Wildman–Crippen MR) is 89.7 cm³/mol. The Morgan fingerprint density at radius 2 is 1.50 bits per heavy atom. The van der Waals surface area contributed by atoms with E-state index in [9.17, 15) is 0 Å². The maximum Gasteiger partial charge on any atom is 0.139 e. The molecule has 0 bridgehead atoms. The average Bonchev–Trinajstić information content (AvgIpc) is 2.85. The van der Waals surface area contributed by atoms with Crippen LogP contribution in [0, 0.1) is 13.8 Å². The average molecular weight is 288 g/mol. The van der Waals surface area contributed by atoms with E-state index in [1.807, 2.05) is 48.5 Å². The number of furan rings is 1. The van der Waals surface area contributed by atoms with E-state index in [0.29, 0.717) is 0 Å². The number of fused-ring (bicyclic) bond motifs is 3. The van der Waals surface area contributed by atoms with Gasteiger partial charge in [0.1, 0.15) is 22.7 Å². The second-order valence-electron chi connectivity index (χ2n) is 5.65. The standard InChI is InChI=1S/C20H16O2/c1-13-10-14(2)12-15(11-13)21-18-8-5-9-19-20(18)16-6-3-4-7-17(16)22-19/h3-12H,1-2H3. The normalized spacial score (nSPS) is 11.2. The third kappa shape index (κ3) is 2.13. The van der Waals surface area contributed by atoms with Crippen molar-refractivity contribution in [2.45, 2.75) is 13.8 Å². The van der Waals surface area contributed by atoms with Crippen molar-refractivity contribution in [3.05, 3.63) is 71.8 Å². The minimum absolute atomic E-state index is 0.826. The summed E-state index contributed by atoms with van der Waals surface area (Å²) in [5.74, 6) is 1.68. The Balaban J connectivity index is 1.91. The minimum atomic E-state index is 0.826. The monoisotopic (exact) mass is 288 g/mol. The summed E-state index contributed by atoms with van der Waals surface area (Å²) in [6.07, 6.45) is 0. The van der Waals surface area contributed by atoms with Crippen molar-refractivity contribution < 1.29 is 9.15 Å². The van der Waals surface area contributed by atoms with Gasteiger partial charge in [0.25, 0.3) is 0 Å². The molecule has 0 aliphatic carbocycles. The van der Waals surface area contributed by atoms with Crippen LogP contribution in [0.4, 0.5) is 0 Å². The maximum atomic E-state index is 6.16. The Morgan fingerprint density at radius 1 is 0.773 bits per heavy atom. The smallest absolute Gasteiger partial charge is 0.139 e. The molecule has 4 rings (SSSR count). The number of rotatable bonds is 2. The molecule has 0 saturated carbocycles. The summed E-state index contributed by atoms with van der Waals surface area (Å²) in [4.78, 5) is 0. The molecule has 0 saturated heterocycles. The summed E-state index contributed by atoms with van der Waals surface area (Å²) in [7, 11) is 0. The highest BCUT2D eigenvalue weighted by Gasteiger charge is 2.12. The zero-order valence-electron chi connectivity index (χ0n) is 12.6. The quantitative estimate of drug-likeness (QED) is 0.451. The molecule has 22 heavy (non-hydrogen) atoms. The van der Waals surface area contributed by atoms with E-state index in [1.54, 1.807) is 0 Å². The van der Waals surface area contributed by atoms with Crippen molar-refractivity contribution in [2.24, 2.45) is 0 Å². The summed E-state index contributed by atoms with van der Waals surface area (Å²) in [6, 6.07) is 20.2. The van der Waals surface area contributed by atoms with Crippen LogP contribution >= 0.6 is 0 Å². The SMILES string of the molecule is Cc1cc(C)cc(Oc2cccc3oc4ccccc4c23)c1. The fraction of sp³-hybridized carbons (Fsp3) is 0.100.